The lowest BCUT2D eigenvalue weighted by molar-refractivity contribution is 0.373. The zero-order chi connectivity index (χ0) is 23.1. The Morgan fingerprint density at radius 1 is 1.09 bits per heavy atom. The number of benzene rings is 3. The standard InChI is InChI=1S/C24H15Cl2N3O4/c1-32-20-11-16(26)9-14(22(20)30)12-27-29-23(28-18-5-3-2-4-17(18)24(29)31)21-10-13-8-15(25)6-7-19(13)33-21/h2-12,30H,1H3. The van der Waals surface area contributed by atoms with E-state index in [0.717, 1.165) is 10.1 Å². The van der Waals surface area contributed by atoms with Gasteiger partial charge in [-0.2, -0.15) is 9.78 Å². The first kappa shape index (κ1) is 21.1. The van der Waals surface area contributed by atoms with E-state index in [0.29, 0.717) is 32.3 Å². The molecule has 164 valence electrons. The van der Waals surface area contributed by atoms with Gasteiger partial charge in [-0.15, -0.1) is 0 Å². The van der Waals surface area contributed by atoms with E-state index in [1.54, 1.807) is 48.5 Å². The summed E-state index contributed by atoms with van der Waals surface area (Å²) in [7, 11) is 1.41. The molecule has 0 bridgehead atoms. The van der Waals surface area contributed by atoms with Crippen molar-refractivity contribution in [2.45, 2.75) is 0 Å². The summed E-state index contributed by atoms with van der Waals surface area (Å²) < 4.78 is 12.2. The van der Waals surface area contributed by atoms with Crippen LogP contribution in [0.1, 0.15) is 5.56 Å². The van der Waals surface area contributed by atoms with Crippen molar-refractivity contribution in [3.05, 3.63) is 86.6 Å². The monoisotopic (exact) mass is 479 g/mol. The topological polar surface area (TPSA) is 89.9 Å². The van der Waals surface area contributed by atoms with E-state index in [1.165, 1.54) is 25.5 Å². The Kier molecular flexibility index (Phi) is 5.28. The lowest BCUT2D eigenvalue weighted by Crippen LogP contribution is -2.20. The number of rotatable bonds is 4. The van der Waals surface area contributed by atoms with Gasteiger partial charge in [0.15, 0.2) is 17.3 Å². The minimum Gasteiger partial charge on any atom is -0.504 e. The van der Waals surface area contributed by atoms with Crippen molar-refractivity contribution < 1.29 is 14.3 Å². The van der Waals surface area contributed by atoms with Gasteiger partial charge in [0, 0.05) is 27.1 Å². The number of aromatic hydroxyl groups is 1. The summed E-state index contributed by atoms with van der Waals surface area (Å²) in [5, 5.41) is 16.8. The second kappa shape index (κ2) is 8.27. The number of hydrogen-bond acceptors (Lipinski definition) is 6. The van der Waals surface area contributed by atoms with Gasteiger partial charge in [-0.3, -0.25) is 4.79 Å². The zero-order valence-corrected chi connectivity index (χ0v) is 18.6. The quantitative estimate of drug-likeness (QED) is 0.333. The van der Waals surface area contributed by atoms with Crippen LogP contribution in [0.5, 0.6) is 11.5 Å². The molecule has 7 nitrogen and oxygen atoms in total. The number of aromatic nitrogens is 2. The minimum atomic E-state index is -0.404. The van der Waals surface area contributed by atoms with Gasteiger partial charge in [-0.1, -0.05) is 35.3 Å². The fourth-order valence-electron chi connectivity index (χ4n) is 3.48. The lowest BCUT2D eigenvalue weighted by atomic mass is 10.2. The molecule has 0 fully saturated rings. The minimum absolute atomic E-state index is 0.160. The first-order valence-corrected chi connectivity index (χ1v) is 10.5. The Bertz CT molecular complexity index is 1620. The van der Waals surface area contributed by atoms with Crippen molar-refractivity contribution in [2.24, 2.45) is 5.10 Å². The zero-order valence-electron chi connectivity index (χ0n) is 17.1. The largest absolute Gasteiger partial charge is 0.504 e. The molecular weight excluding hydrogens is 465 g/mol. The number of furan rings is 1. The van der Waals surface area contributed by atoms with Crippen LogP contribution in [0.4, 0.5) is 0 Å². The van der Waals surface area contributed by atoms with Crippen LogP contribution < -0.4 is 10.3 Å². The van der Waals surface area contributed by atoms with E-state index >= 15 is 0 Å². The van der Waals surface area contributed by atoms with Crippen LogP contribution in [0.15, 0.2) is 75.0 Å². The molecule has 0 saturated carbocycles. The molecule has 1 N–H and O–H groups in total. The molecule has 3 aromatic carbocycles. The maximum atomic E-state index is 13.3. The SMILES string of the molecule is COc1cc(Cl)cc(C=Nn2c(-c3cc4cc(Cl)ccc4o3)nc3ccccc3c2=O)c1O. The highest BCUT2D eigenvalue weighted by atomic mass is 35.5. The van der Waals surface area contributed by atoms with Gasteiger partial charge >= 0.3 is 0 Å². The summed E-state index contributed by atoms with van der Waals surface area (Å²) >= 11 is 12.2. The number of para-hydroxylation sites is 1. The number of methoxy groups -OCH3 is 1. The first-order valence-electron chi connectivity index (χ1n) is 9.77. The van der Waals surface area contributed by atoms with E-state index in [4.69, 9.17) is 32.4 Å². The van der Waals surface area contributed by atoms with Gasteiger partial charge in [-0.25, -0.2) is 4.98 Å². The summed E-state index contributed by atoms with van der Waals surface area (Å²) in [5.74, 6) is 0.547. The molecule has 0 aliphatic heterocycles. The summed E-state index contributed by atoms with van der Waals surface area (Å²) in [6, 6.07) is 16.9. The number of phenols is 1. The maximum absolute atomic E-state index is 13.3. The van der Waals surface area contributed by atoms with Crippen LogP contribution in [0.2, 0.25) is 10.0 Å². The average Bonchev–Trinajstić information content (AvgIpc) is 3.23. The fraction of sp³-hybridized carbons (Fsp3) is 0.0417. The Morgan fingerprint density at radius 2 is 1.91 bits per heavy atom. The number of nitrogens with zero attached hydrogens (tertiary/aromatic N) is 3. The molecule has 5 rings (SSSR count). The van der Waals surface area contributed by atoms with Crippen LogP contribution in [-0.2, 0) is 0 Å². The highest BCUT2D eigenvalue weighted by Crippen LogP contribution is 2.33. The molecule has 0 amide bonds. The third-order valence-corrected chi connectivity index (χ3v) is 5.51. The number of hydrogen-bond donors (Lipinski definition) is 1. The summed E-state index contributed by atoms with van der Waals surface area (Å²) in [6.45, 7) is 0. The number of halogens is 2. The van der Waals surface area contributed by atoms with Crippen molar-refractivity contribution in [1.82, 2.24) is 9.66 Å². The number of phenolic OH excluding ortho intramolecular Hbond substituents is 1. The molecule has 9 heteroatoms. The molecule has 0 saturated heterocycles. The lowest BCUT2D eigenvalue weighted by Gasteiger charge is -2.09. The van der Waals surface area contributed by atoms with Crippen molar-refractivity contribution in [3.63, 3.8) is 0 Å². The van der Waals surface area contributed by atoms with E-state index in [2.05, 4.69) is 10.1 Å². The highest BCUT2D eigenvalue weighted by molar-refractivity contribution is 6.31. The average molecular weight is 480 g/mol. The van der Waals surface area contributed by atoms with Gasteiger partial charge in [-0.05, 0) is 42.5 Å². The van der Waals surface area contributed by atoms with Gasteiger partial charge in [0.2, 0.25) is 5.82 Å². The predicted molar refractivity (Wildman–Crippen MR) is 129 cm³/mol. The molecule has 0 aliphatic rings. The van der Waals surface area contributed by atoms with Crippen LogP contribution >= 0.6 is 23.2 Å². The van der Waals surface area contributed by atoms with Crippen molar-refractivity contribution in [3.8, 4) is 23.1 Å². The van der Waals surface area contributed by atoms with Gasteiger partial charge in [0.25, 0.3) is 5.56 Å². The molecule has 5 aromatic rings. The molecule has 0 aliphatic carbocycles. The van der Waals surface area contributed by atoms with E-state index < -0.39 is 5.56 Å². The van der Waals surface area contributed by atoms with E-state index in [-0.39, 0.29) is 22.9 Å². The second-order valence-corrected chi connectivity index (χ2v) is 8.03. The van der Waals surface area contributed by atoms with Gasteiger partial charge < -0.3 is 14.3 Å². The Morgan fingerprint density at radius 3 is 2.73 bits per heavy atom. The summed E-state index contributed by atoms with van der Waals surface area (Å²) in [4.78, 5) is 17.9. The fourth-order valence-corrected chi connectivity index (χ4v) is 3.88. The van der Waals surface area contributed by atoms with Crippen LogP contribution in [-0.4, -0.2) is 28.1 Å². The first-order chi connectivity index (χ1) is 15.9. The Balaban J connectivity index is 1.74. The third kappa shape index (κ3) is 3.82. The van der Waals surface area contributed by atoms with Crippen molar-refractivity contribution in [1.29, 1.82) is 0 Å². The van der Waals surface area contributed by atoms with Crippen molar-refractivity contribution >= 4 is 51.3 Å². The number of ether oxygens (including phenoxy) is 1. The molecule has 0 radical (unpaired) electrons. The normalized spacial score (nSPS) is 11.6. The molecule has 0 unspecified atom stereocenters. The molecule has 33 heavy (non-hydrogen) atoms. The smallest absolute Gasteiger partial charge is 0.282 e. The van der Waals surface area contributed by atoms with Gasteiger partial charge in [0.1, 0.15) is 5.58 Å². The van der Waals surface area contributed by atoms with Crippen LogP contribution in [0.3, 0.4) is 0 Å². The summed E-state index contributed by atoms with van der Waals surface area (Å²) in [5.41, 5.74) is 0.944. The Hall–Kier alpha value is -3.81. The molecule has 0 atom stereocenters. The molecular formula is C24H15Cl2N3O4. The number of fused-ring (bicyclic) bond motifs is 2. The second-order valence-electron chi connectivity index (χ2n) is 7.15. The maximum Gasteiger partial charge on any atom is 0.282 e. The van der Waals surface area contributed by atoms with Crippen LogP contribution in [0, 0.1) is 0 Å². The van der Waals surface area contributed by atoms with Crippen LogP contribution in [0.25, 0.3) is 33.5 Å². The summed E-state index contributed by atoms with van der Waals surface area (Å²) in [6.07, 6.45) is 1.31. The van der Waals surface area contributed by atoms with Crippen molar-refractivity contribution in [2.75, 3.05) is 7.11 Å². The molecule has 2 heterocycles. The van der Waals surface area contributed by atoms with E-state index in [1.807, 2.05) is 0 Å². The van der Waals surface area contributed by atoms with E-state index in [9.17, 15) is 9.90 Å². The third-order valence-electron chi connectivity index (χ3n) is 5.05. The molecule has 2 aromatic heterocycles. The van der Waals surface area contributed by atoms with Gasteiger partial charge in [0.05, 0.1) is 24.2 Å². The molecule has 0 spiro atoms. The highest BCUT2D eigenvalue weighted by Gasteiger charge is 2.17. The Labute approximate surface area is 197 Å². The predicted octanol–water partition coefficient (Wildman–Crippen LogP) is 5.71.